The summed E-state index contributed by atoms with van der Waals surface area (Å²) in [7, 11) is -0.851. The topological polar surface area (TPSA) is 81.5 Å². The van der Waals surface area contributed by atoms with E-state index >= 15 is 0 Å². The van der Waals surface area contributed by atoms with Crippen molar-refractivity contribution in [2.75, 3.05) is 6.61 Å². The van der Waals surface area contributed by atoms with Crippen LogP contribution in [0.2, 0.25) is 13.1 Å². The Balaban J connectivity index is 2.17. The van der Waals surface area contributed by atoms with Crippen molar-refractivity contribution in [1.29, 1.82) is 0 Å². The Labute approximate surface area is 180 Å². The largest absolute Gasteiger partial charge is 0.417 e. The minimum Gasteiger partial charge on any atom is -0.417 e. The average Bonchev–Trinajstić information content (AvgIpc) is 2.61. The van der Waals surface area contributed by atoms with Crippen LogP contribution in [-0.4, -0.2) is 37.4 Å². The molecule has 1 aromatic carbocycles. The van der Waals surface area contributed by atoms with E-state index in [0.717, 1.165) is 4.86 Å². The number of nitro groups is 1. The fourth-order valence-corrected chi connectivity index (χ4v) is 4.64. The van der Waals surface area contributed by atoms with Crippen molar-refractivity contribution in [3.05, 3.63) is 39.9 Å². The van der Waals surface area contributed by atoms with E-state index in [4.69, 9.17) is 16.6 Å². The summed E-state index contributed by atoms with van der Waals surface area (Å²) in [5.41, 5.74) is 0.603. The van der Waals surface area contributed by atoms with Crippen molar-refractivity contribution in [3.8, 4) is 0 Å². The average molecular weight is 436 g/mol. The van der Waals surface area contributed by atoms with Crippen LogP contribution in [0.3, 0.4) is 0 Å². The van der Waals surface area contributed by atoms with Gasteiger partial charge in [-0.3, -0.25) is 14.9 Å². The van der Waals surface area contributed by atoms with Gasteiger partial charge in [0.05, 0.1) is 10.8 Å². The normalized spacial score (nSPS) is 21.3. The first kappa shape index (κ1) is 23.6. The summed E-state index contributed by atoms with van der Waals surface area (Å²) in [6.45, 7) is 13.2. The number of β-lactam (4-membered cyclic amide) rings is 1. The number of benzene rings is 1. The Morgan fingerprint density at radius 1 is 1.34 bits per heavy atom. The van der Waals surface area contributed by atoms with Crippen LogP contribution in [0.5, 0.6) is 0 Å². The summed E-state index contributed by atoms with van der Waals surface area (Å²) in [5, 5.41) is 14.3. The molecular weight excluding hydrogens is 404 g/mol. The molecular formula is C21H31N2O4SSi. The molecule has 1 fully saturated rings. The van der Waals surface area contributed by atoms with Gasteiger partial charge in [0, 0.05) is 41.5 Å². The Kier molecular flexibility index (Phi) is 7.70. The first-order valence-electron chi connectivity index (χ1n) is 9.91. The van der Waals surface area contributed by atoms with E-state index in [2.05, 4.69) is 39.2 Å². The number of carbonyl (C=O) groups excluding carboxylic acids is 1. The van der Waals surface area contributed by atoms with Crippen LogP contribution in [0.4, 0.5) is 5.69 Å². The molecule has 0 bridgehead atoms. The van der Waals surface area contributed by atoms with Gasteiger partial charge in [0.15, 0.2) is 0 Å². The lowest BCUT2D eigenvalue weighted by atomic mass is 9.64. The molecule has 1 aliphatic rings. The number of carbonyl (C=O) groups is 1. The fourth-order valence-electron chi connectivity index (χ4n) is 3.82. The van der Waals surface area contributed by atoms with Crippen LogP contribution < -0.4 is 5.32 Å². The van der Waals surface area contributed by atoms with Gasteiger partial charge in [-0.05, 0) is 24.4 Å². The number of hydrogen-bond donors (Lipinski definition) is 1. The highest BCUT2D eigenvalue weighted by Crippen LogP contribution is 2.40. The van der Waals surface area contributed by atoms with Crippen LogP contribution >= 0.6 is 12.2 Å². The lowest BCUT2D eigenvalue weighted by Crippen LogP contribution is -2.66. The summed E-state index contributed by atoms with van der Waals surface area (Å²) in [4.78, 5) is 24.1. The van der Waals surface area contributed by atoms with Crippen LogP contribution in [-0.2, 0) is 15.6 Å². The Hall–Kier alpha value is -1.64. The van der Waals surface area contributed by atoms with Gasteiger partial charge in [-0.15, -0.1) is 0 Å². The first-order valence-corrected chi connectivity index (χ1v) is 12.7. The molecule has 0 aliphatic carbocycles. The number of hydrogen-bond acceptors (Lipinski definition) is 5. The highest BCUT2D eigenvalue weighted by Gasteiger charge is 2.50. The predicted molar refractivity (Wildman–Crippen MR) is 120 cm³/mol. The third-order valence-corrected chi connectivity index (χ3v) is 6.96. The zero-order valence-electron chi connectivity index (χ0n) is 18.0. The summed E-state index contributed by atoms with van der Waals surface area (Å²) < 4.78 is 5.98. The molecule has 0 aromatic heterocycles. The standard InChI is InChI=1S/C21H31N2O4SSi/c1-13(17(28)11-14-9-7-8-10-16(14)23(25)26)19-18(20(24)22-19)15(21(2,3)4)12-27-29(5)6/h7-10,13,15,18-19H,11-12H2,1-6H3,(H,22,24)/t13-,15+,18-,19+/m0/s1. The second kappa shape index (κ2) is 9.45. The van der Waals surface area contributed by atoms with Crippen molar-refractivity contribution in [2.24, 2.45) is 23.2 Å². The molecule has 1 saturated heterocycles. The van der Waals surface area contributed by atoms with Gasteiger partial charge in [-0.2, -0.15) is 0 Å². The van der Waals surface area contributed by atoms with E-state index < -0.39 is 9.04 Å². The molecule has 159 valence electrons. The Bertz CT molecular complexity index is 778. The van der Waals surface area contributed by atoms with E-state index in [1.807, 2.05) is 6.92 Å². The maximum Gasteiger partial charge on any atom is 0.272 e. The SMILES string of the molecule is C[C@@H](C(=S)Cc1ccccc1[N+](=O)[O-])[C@H]1NC(=O)[C@H]1[C@@H](CO[Si](C)C)C(C)(C)C. The molecule has 0 unspecified atom stereocenters. The second-order valence-electron chi connectivity index (χ2n) is 9.07. The van der Waals surface area contributed by atoms with Gasteiger partial charge in [-0.25, -0.2) is 0 Å². The van der Waals surface area contributed by atoms with Crippen molar-refractivity contribution in [1.82, 2.24) is 5.32 Å². The van der Waals surface area contributed by atoms with Crippen molar-refractivity contribution in [3.63, 3.8) is 0 Å². The van der Waals surface area contributed by atoms with Gasteiger partial charge in [0.1, 0.15) is 0 Å². The summed E-state index contributed by atoms with van der Waals surface area (Å²) >= 11 is 5.66. The number of amides is 1. The molecule has 2 rings (SSSR count). The van der Waals surface area contributed by atoms with E-state index in [0.29, 0.717) is 18.6 Å². The molecule has 4 atom stereocenters. The lowest BCUT2D eigenvalue weighted by molar-refractivity contribution is -0.385. The van der Waals surface area contributed by atoms with Crippen molar-refractivity contribution >= 4 is 37.7 Å². The zero-order valence-corrected chi connectivity index (χ0v) is 19.8. The van der Waals surface area contributed by atoms with E-state index in [-0.39, 0.29) is 45.7 Å². The summed E-state index contributed by atoms with van der Waals surface area (Å²) in [5.74, 6) is -0.113. The van der Waals surface area contributed by atoms with Crippen LogP contribution in [0.1, 0.15) is 33.3 Å². The number of para-hydroxylation sites is 1. The Morgan fingerprint density at radius 2 is 1.97 bits per heavy atom. The molecule has 1 amide bonds. The molecule has 1 N–H and O–H groups in total. The Morgan fingerprint density at radius 3 is 2.48 bits per heavy atom. The van der Waals surface area contributed by atoms with Crippen LogP contribution in [0, 0.1) is 33.3 Å². The molecule has 8 heteroatoms. The lowest BCUT2D eigenvalue weighted by Gasteiger charge is -2.48. The van der Waals surface area contributed by atoms with E-state index in [1.54, 1.807) is 18.2 Å². The molecule has 1 aliphatic heterocycles. The number of thiocarbonyl (C=S) groups is 1. The third-order valence-electron chi connectivity index (χ3n) is 5.70. The second-order valence-corrected chi connectivity index (χ2v) is 11.7. The molecule has 29 heavy (non-hydrogen) atoms. The highest BCUT2D eigenvalue weighted by atomic mass is 32.1. The van der Waals surface area contributed by atoms with Gasteiger partial charge in [-0.1, -0.05) is 58.1 Å². The van der Waals surface area contributed by atoms with Gasteiger partial charge < -0.3 is 9.74 Å². The highest BCUT2D eigenvalue weighted by molar-refractivity contribution is 7.80. The maximum atomic E-state index is 12.5. The molecule has 1 heterocycles. The van der Waals surface area contributed by atoms with Crippen LogP contribution in [0.15, 0.2) is 24.3 Å². The van der Waals surface area contributed by atoms with Gasteiger partial charge >= 0.3 is 0 Å². The van der Waals surface area contributed by atoms with Crippen LogP contribution in [0.25, 0.3) is 0 Å². The molecule has 1 radical (unpaired) electrons. The molecule has 6 nitrogen and oxygen atoms in total. The zero-order chi connectivity index (χ0) is 21.9. The monoisotopic (exact) mass is 435 g/mol. The van der Waals surface area contributed by atoms with E-state index in [1.165, 1.54) is 6.07 Å². The first-order chi connectivity index (χ1) is 13.4. The van der Waals surface area contributed by atoms with Gasteiger partial charge in [0.25, 0.3) is 5.69 Å². The van der Waals surface area contributed by atoms with Crippen molar-refractivity contribution < 1.29 is 14.1 Å². The molecule has 0 saturated carbocycles. The summed E-state index contributed by atoms with van der Waals surface area (Å²) in [6.07, 6.45) is 0.348. The molecule has 0 spiro atoms. The number of nitrogens with zero attached hydrogens (tertiary/aromatic N) is 1. The number of rotatable bonds is 9. The van der Waals surface area contributed by atoms with Crippen molar-refractivity contribution in [2.45, 2.75) is 53.3 Å². The smallest absolute Gasteiger partial charge is 0.272 e. The quantitative estimate of drug-likeness (QED) is 0.207. The minimum absolute atomic E-state index is 0.0415. The number of nitrogens with one attached hydrogen (secondary N) is 1. The minimum atomic E-state index is -0.851. The third kappa shape index (κ3) is 5.70. The summed E-state index contributed by atoms with van der Waals surface area (Å²) in [6, 6.07) is 6.60. The van der Waals surface area contributed by atoms with Gasteiger partial charge in [0.2, 0.25) is 14.9 Å². The fraction of sp³-hybridized carbons (Fsp3) is 0.619. The number of nitro benzene ring substituents is 1. The maximum absolute atomic E-state index is 12.5. The van der Waals surface area contributed by atoms with E-state index in [9.17, 15) is 14.9 Å². The predicted octanol–water partition coefficient (Wildman–Crippen LogP) is 4.19. The molecule has 1 aromatic rings.